The van der Waals surface area contributed by atoms with Crippen LogP contribution in [-0.2, 0) is 7.05 Å². The summed E-state index contributed by atoms with van der Waals surface area (Å²) < 4.78 is 1.61. The van der Waals surface area contributed by atoms with E-state index in [1.807, 2.05) is 24.3 Å². The topological polar surface area (TPSA) is 64.2 Å². The van der Waals surface area contributed by atoms with E-state index in [2.05, 4.69) is 11.0 Å². The number of nitrogen functional groups attached to an aromatic ring is 1. The molecule has 0 saturated heterocycles. The van der Waals surface area contributed by atoms with Crippen molar-refractivity contribution in [1.29, 1.82) is 0 Å². The van der Waals surface area contributed by atoms with E-state index in [-0.39, 0.29) is 12.5 Å². The molecule has 0 radical (unpaired) electrons. The zero-order valence-corrected chi connectivity index (χ0v) is 14.9. The molecule has 5 nitrogen and oxygen atoms in total. The van der Waals surface area contributed by atoms with Crippen molar-refractivity contribution in [3.63, 3.8) is 0 Å². The Kier molecular flexibility index (Phi) is 4.97. The van der Waals surface area contributed by atoms with Gasteiger partial charge in [-0.25, -0.2) is 0 Å². The second-order valence-electron chi connectivity index (χ2n) is 5.70. The molecule has 0 spiro atoms. The van der Waals surface area contributed by atoms with Crippen LogP contribution in [0.5, 0.6) is 0 Å². The van der Waals surface area contributed by atoms with E-state index < -0.39 is 0 Å². The summed E-state index contributed by atoms with van der Waals surface area (Å²) in [7, 11) is 1.78. The first-order chi connectivity index (χ1) is 12.5. The Labute approximate surface area is 157 Å². The monoisotopic (exact) mass is 364 g/mol. The minimum atomic E-state index is -0.247. The van der Waals surface area contributed by atoms with Crippen LogP contribution in [0.15, 0.2) is 54.6 Å². The van der Waals surface area contributed by atoms with Crippen LogP contribution in [-0.4, -0.2) is 22.2 Å². The average molecular weight is 365 g/mol. The molecule has 2 aromatic carbocycles. The smallest absolute Gasteiger partial charge is 0.260 e. The second-order valence-corrected chi connectivity index (χ2v) is 6.11. The molecule has 1 aromatic heterocycles. The molecule has 2 N–H and O–H groups in total. The van der Waals surface area contributed by atoms with Crippen molar-refractivity contribution in [2.75, 3.05) is 17.2 Å². The number of hydrogen-bond donors (Lipinski definition) is 1. The molecule has 0 atom stereocenters. The van der Waals surface area contributed by atoms with Crippen LogP contribution in [0.1, 0.15) is 10.4 Å². The standard InChI is InChI=1S/C20H17ClN4O/c1-3-12-25(20(26)16-6-4-5-7-17(16)21)15-10-8-14(9-11-15)18-13-19(22)24(2)23-18/h1,4-11,13H,12,22H2,2H3. The van der Waals surface area contributed by atoms with E-state index in [1.165, 1.54) is 4.90 Å². The van der Waals surface area contributed by atoms with Gasteiger partial charge in [-0.05, 0) is 24.3 Å². The van der Waals surface area contributed by atoms with Crippen molar-refractivity contribution in [1.82, 2.24) is 9.78 Å². The summed E-state index contributed by atoms with van der Waals surface area (Å²) in [6, 6.07) is 16.1. The van der Waals surface area contributed by atoms with Crippen molar-refractivity contribution in [2.45, 2.75) is 0 Å². The van der Waals surface area contributed by atoms with Gasteiger partial charge in [-0.3, -0.25) is 14.4 Å². The minimum absolute atomic E-state index is 0.139. The summed E-state index contributed by atoms with van der Waals surface area (Å²) in [5.41, 5.74) is 8.57. The zero-order chi connectivity index (χ0) is 18.7. The molecule has 0 saturated carbocycles. The Balaban J connectivity index is 1.92. The summed E-state index contributed by atoms with van der Waals surface area (Å²) in [5.74, 6) is 2.85. The lowest BCUT2D eigenvalue weighted by Gasteiger charge is -2.21. The van der Waals surface area contributed by atoms with E-state index in [9.17, 15) is 4.79 Å². The van der Waals surface area contributed by atoms with Gasteiger partial charge in [0.25, 0.3) is 5.91 Å². The Morgan fingerprint density at radius 2 is 1.96 bits per heavy atom. The van der Waals surface area contributed by atoms with Crippen LogP contribution in [0.2, 0.25) is 5.02 Å². The number of benzene rings is 2. The highest BCUT2D eigenvalue weighted by Crippen LogP contribution is 2.26. The van der Waals surface area contributed by atoms with Crippen LogP contribution in [0.3, 0.4) is 0 Å². The summed E-state index contributed by atoms with van der Waals surface area (Å²) in [5, 5.41) is 4.74. The van der Waals surface area contributed by atoms with Crippen molar-refractivity contribution < 1.29 is 4.79 Å². The Morgan fingerprint density at radius 3 is 2.54 bits per heavy atom. The summed E-state index contributed by atoms with van der Waals surface area (Å²) in [6.07, 6.45) is 5.46. The number of carbonyl (C=O) groups excluding carboxylic acids is 1. The average Bonchev–Trinajstić information content (AvgIpc) is 2.98. The third-order valence-corrected chi connectivity index (χ3v) is 4.32. The highest BCUT2D eigenvalue weighted by atomic mass is 35.5. The number of nitrogens with two attached hydrogens (primary N) is 1. The van der Waals surface area contributed by atoms with Crippen LogP contribution >= 0.6 is 11.6 Å². The Morgan fingerprint density at radius 1 is 1.27 bits per heavy atom. The molecule has 0 aliphatic carbocycles. The third-order valence-electron chi connectivity index (χ3n) is 3.99. The zero-order valence-electron chi connectivity index (χ0n) is 14.2. The number of carbonyl (C=O) groups is 1. The summed E-state index contributed by atoms with van der Waals surface area (Å²) >= 11 is 6.15. The molecule has 0 fully saturated rings. The number of terminal acetylenes is 1. The number of nitrogens with zero attached hydrogens (tertiary/aromatic N) is 3. The highest BCUT2D eigenvalue weighted by molar-refractivity contribution is 6.34. The molecule has 26 heavy (non-hydrogen) atoms. The molecular formula is C20H17ClN4O. The van der Waals surface area contributed by atoms with Crippen LogP contribution in [0.25, 0.3) is 11.3 Å². The first-order valence-corrected chi connectivity index (χ1v) is 8.29. The SMILES string of the molecule is C#CCN(C(=O)c1ccccc1Cl)c1ccc(-c2cc(N)n(C)n2)cc1. The van der Waals surface area contributed by atoms with Gasteiger partial charge in [0.15, 0.2) is 0 Å². The molecule has 1 amide bonds. The van der Waals surface area contributed by atoms with E-state index in [1.54, 1.807) is 42.1 Å². The number of rotatable bonds is 4. The predicted octanol–water partition coefficient (Wildman–Crippen LogP) is 3.60. The van der Waals surface area contributed by atoms with Crippen LogP contribution in [0, 0.1) is 12.3 Å². The third kappa shape index (κ3) is 3.41. The fraction of sp³-hybridized carbons (Fsp3) is 0.100. The van der Waals surface area contributed by atoms with Gasteiger partial charge in [-0.2, -0.15) is 5.10 Å². The number of amides is 1. The number of halogens is 1. The minimum Gasteiger partial charge on any atom is -0.384 e. The lowest BCUT2D eigenvalue weighted by atomic mass is 10.1. The van der Waals surface area contributed by atoms with Gasteiger partial charge >= 0.3 is 0 Å². The van der Waals surface area contributed by atoms with Crippen molar-refractivity contribution in [2.24, 2.45) is 7.05 Å². The normalized spacial score (nSPS) is 10.3. The van der Waals surface area contributed by atoms with Gasteiger partial charge in [-0.15, -0.1) is 6.42 Å². The summed E-state index contributed by atoms with van der Waals surface area (Å²) in [4.78, 5) is 14.4. The highest BCUT2D eigenvalue weighted by Gasteiger charge is 2.19. The quantitative estimate of drug-likeness (QED) is 0.719. The number of aryl methyl sites for hydroxylation is 1. The van der Waals surface area contributed by atoms with Gasteiger partial charge in [0.05, 0.1) is 22.8 Å². The van der Waals surface area contributed by atoms with Gasteiger partial charge in [0, 0.05) is 24.4 Å². The number of anilines is 2. The molecule has 0 unspecified atom stereocenters. The van der Waals surface area contributed by atoms with Crippen LogP contribution in [0.4, 0.5) is 11.5 Å². The maximum absolute atomic E-state index is 12.9. The van der Waals surface area contributed by atoms with E-state index in [0.29, 0.717) is 22.1 Å². The molecular weight excluding hydrogens is 348 g/mol. The molecule has 130 valence electrons. The van der Waals surface area contributed by atoms with E-state index in [4.69, 9.17) is 23.8 Å². The van der Waals surface area contributed by atoms with Gasteiger partial charge < -0.3 is 5.73 Å². The maximum atomic E-state index is 12.9. The molecule has 6 heteroatoms. The molecule has 3 rings (SSSR count). The first kappa shape index (κ1) is 17.6. The van der Waals surface area contributed by atoms with E-state index in [0.717, 1.165) is 11.3 Å². The van der Waals surface area contributed by atoms with Gasteiger partial charge in [-0.1, -0.05) is 41.8 Å². The largest absolute Gasteiger partial charge is 0.384 e. The van der Waals surface area contributed by atoms with Crippen LogP contribution < -0.4 is 10.6 Å². The fourth-order valence-electron chi connectivity index (χ4n) is 2.59. The Hall–Kier alpha value is -3.23. The van der Waals surface area contributed by atoms with Crippen molar-refractivity contribution in [3.05, 3.63) is 65.2 Å². The van der Waals surface area contributed by atoms with Gasteiger partial charge in [0.1, 0.15) is 5.82 Å². The molecule has 0 bridgehead atoms. The van der Waals surface area contributed by atoms with Crippen molar-refractivity contribution >= 4 is 29.0 Å². The fourth-order valence-corrected chi connectivity index (χ4v) is 2.80. The number of aromatic nitrogens is 2. The molecule has 0 aliphatic heterocycles. The number of hydrogen-bond acceptors (Lipinski definition) is 3. The van der Waals surface area contributed by atoms with Crippen molar-refractivity contribution in [3.8, 4) is 23.6 Å². The first-order valence-electron chi connectivity index (χ1n) is 7.91. The Bertz CT molecular complexity index is 966. The summed E-state index contributed by atoms with van der Waals surface area (Å²) in [6.45, 7) is 0.139. The molecule has 3 aromatic rings. The van der Waals surface area contributed by atoms with Gasteiger partial charge in [0.2, 0.25) is 0 Å². The molecule has 0 aliphatic rings. The lowest BCUT2D eigenvalue weighted by molar-refractivity contribution is 0.0990. The predicted molar refractivity (Wildman–Crippen MR) is 105 cm³/mol. The second kappa shape index (κ2) is 7.34. The molecule has 1 heterocycles. The lowest BCUT2D eigenvalue weighted by Crippen LogP contribution is -2.31. The van der Waals surface area contributed by atoms with E-state index >= 15 is 0 Å². The maximum Gasteiger partial charge on any atom is 0.260 e.